The van der Waals surface area contributed by atoms with Gasteiger partial charge in [-0.15, -0.1) is 0 Å². The van der Waals surface area contributed by atoms with E-state index in [2.05, 4.69) is 0 Å². The summed E-state index contributed by atoms with van der Waals surface area (Å²) in [6.07, 6.45) is 2.05. The third-order valence-electron chi connectivity index (χ3n) is 5.43. The topological polar surface area (TPSA) is 82.9 Å². The Kier molecular flexibility index (Phi) is 6.55. The maximum atomic E-state index is 13.6. The quantitative estimate of drug-likeness (QED) is 0.400. The Morgan fingerprint density at radius 2 is 1.72 bits per heavy atom. The van der Waals surface area contributed by atoms with Gasteiger partial charge in [-0.05, 0) is 31.0 Å². The molecule has 0 unspecified atom stereocenters. The molecule has 1 aliphatic rings. The molecule has 1 saturated heterocycles. The Morgan fingerprint density at radius 3 is 2.34 bits per heavy atom. The lowest BCUT2D eigenvalue weighted by molar-refractivity contribution is -0.127. The van der Waals surface area contributed by atoms with Crippen molar-refractivity contribution in [2.45, 2.75) is 18.0 Å². The van der Waals surface area contributed by atoms with Gasteiger partial charge in [0.25, 0.3) is 5.56 Å². The maximum Gasteiger partial charge on any atom is 0.266 e. The maximum absolute atomic E-state index is 13.6. The van der Waals surface area contributed by atoms with Crippen LogP contribution in [-0.4, -0.2) is 60.5 Å². The van der Waals surface area contributed by atoms with Crippen LogP contribution >= 0.6 is 11.8 Å². The zero-order valence-corrected chi connectivity index (χ0v) is 19.1. The molecule has 2 heterocycles. The summed E-state index contributed by atoms with van der Waals surface area (Å²) >= 11 is 1.24. The van der Waals surface area contributed by atoms with Crippen LogP contribution in [0.2, 0.25) is 0 Å². The van der Waals surface area contributed by atoms with Gasteiger partial charge in [-0.1, -0.05) is 30.0 Å². The lowest BCUT2D eigenvalue weighted by Gasteiger charge is -2.18. The summed E-state index contributed by atoms with van der Waals surface area (Å²) in [5, 5.41) is 0.741. The van der Waals surface area contributed by atoms with Crippen LogP contribution in [0.3, 0.4) is 0 Å². The average Bonchev–Trinajstić information content (AvgIpc) is 3.37. The number of carbonyl (C=O) groups excluding carboxylic acids is 1. The molecule has 9 heteroatoms. The molecule has 168 valence electrons. The number of carbonyl (C=O) groups is 1. The fourth-order valence-corrected chi connectivity index (χ4v) is 4.76. The molecule has 4 rings (SSSR count). The van der Waals surface area contributed by atoms with Crippen molar-refractivity contribution in [1.82, 2.24) is 14.5 Å². The van der Waals surface area contributed by atoms with Gasteiger partial charge in [0.15, 0.2) is 16.7 Å². The van der Waals surface area contributed by atoms with Crippen molar-refractivity contribution in [3.63, 3.8) is 0 Å². The largest absolute Gasteiger partial charge is 0.493 e. The van der Waals surface area contributed by atoms with Gasteiger partial charge >= 0.3 is 0 Å². The molecular formula is C23H25N3O5S. The van der Waals surface area contributed by atoms with Crippen LogP contribution in [0, 0.1) is 0 Å². The number of likely N-dealkylation sites (tertiary alicyclic amines) is 1. The number of rotatable bonds is 7. The van der Waals surface area contributed by atoms with E-state index in [1.54, 1.807) is 6.07 Å². The van der Waals surface area contributed by atoms with E-state index in [0.29, 0.717) is 39.0 Å². The van der Waals surface area contributed by atoms with Crippen molar-refractivity contribution in [3.8, 4) is 22.9 Å². The van der Waals surface area contributed by atoms with E-state index in [9.17, 15) is 9.59 Å². The van der Waals surface area contributed by atoms with E-state index in [1.807, 2.05) is 35.2 Å². The van der Waals surface area contributed by atoms with Gasteiger partial charge in [-0.2, -0.15) is 0 Å². The second-order valence-electron chi connectivity index (χ2n) is 7.29. The average molecular weight is 456 g/mol. The first kappa shape index (κ1) is 22.0. The summed E-state index contributed by atoms with van der Waals surface area (Å²) in [6, 6.07) is 10.9. The smallest absolute Gasteiger partial charge is 0.266 e. The van der Waals surface area contributed by atoms with E-state index >= 15 is 0 Å². The first-order valence-electron chi connectivity index (χ1n) is 10.3. The molecule has 0 radical (unpaired) electrons. The first-order valence-corrected chi connectivity index (χ1v) is 11.3. The van der Waals surface area contributed by atoms with E-state index in [0.717, 1.165) is 25.9 Å². The molecule has 0 atom stereocenters. The monoisotopic (exact) mass is 455 g/mol. The Bertz CT molecular complexity index is 1190. The number of ether oxygens (including phenoxy) is 3. The number of hydrogen-bond acceptors (Lipinski definition) is 7. The molecule has 0 N–H and O–H groups in total. The minimum atomic E-state index is -0.281. The summed E-state index contributed by atoms with van der Waals surface area (Å²) in [6.45, 7) is 1.56. The van der Waals surface area contributed by atoms with Crippen molar-refractivity contribution in [1.29, 1.82) is 0 Å². The van der Waals surface area contributed by atoms with E-state index in [1.165, 1.54) is 37.7 Å². The minimum Gasteiger partial charge on any atom is -0.493 e. The number of hydrogen-bond donors (Lipinski definition) is 0. The lowest BCUT2D eigenvalue weighted by Crippen LogP contribution is -2.29. The van der Waals surface area contributed by atoms with Crippen molar-refractivity contribution < 1.29 is 19.0 Å². The summed E-state index contributed by atoms with van der Waals surface area (Å²) in [5.74, 6) is 1.28. The molecule has 0 aliphatic carbocycles. The molecule has 3 aromatic rings. The van der Waals surface area contributed by atoms with Gasteiger partial charge in [0, 0.05) is 13.1 Å². The van der Waals surface area contributed by atoms with Gasteiger partial charge in [0.2, 0.25) is 11.7 Å². The van der Waals surface area contributed by atoms with E-state index < -0.39 is 0 Å². The van der Waals surface area contributed by atoms with Crippen LogP contribution in [0.1, 0.15) is 12.8 Å². The first-order chi connectivity index (χ1) is 15.6. The molecule has 0 saturated carbocycles. The highest BCUT2D eigenvalue weighted by Gasteiger charge is 2.24. The highest BCUT2D eigenvalue weighted by molar-refractivity contribution is 7.99. The third-order valence-corrected chi connectivity index (χ3v) is 6.36. The molecule has 1 amide bonds. The number of para-hydroxylation sites is 1. The van der Waals surface area contributed by atoms with Crippen molar-refractivity contribution >= 4 is 28.6 Å². The number of aromatic nitrogens is 2. The van der Waals surface area contributed by atoms with Crippen molar-refractivity contribution in [3.05, 3.63) is 46.8 Å². The molecule has 1 fully saturated rings. The molecule has 0 spiro atoms. The van der Waals surface area contributed by atoms with Crippen LogP contribution in [-0.2, 0) is 4.79 Å². The zero-order valence-electron chi connectivity index (χ0n) is 18.3. The SMILES string of the molecule is COc1cc2c(=O)n(-c3ccccc3)c(SCC(=O)N3CCCC3)nc2c(OC)c1OC. The van der Waals surface area contributed by atoms with Gasteiger partial charge in [-0.3, -0.25) is 14.2 Å². The van der Waals surface area contributed by atoms with Crippen LogP contribution in [0.4, 0.5) is 0 Å². The van der Waals surface area contributed by atoms with E-state index in [4.69, 9.17) is 19.2 Å². The number of fused-ring (bicyclic) bond motifs is 1. The number of methoxy groups -OCH3 is 3. The van der Waals surface area contributed by atoms with Gasteiger partial charge in [0.05, 0.1) is 38.2 Å². The predicted octanol–water partition coefficient (Wildman–Crippen LogP) is 3.13. The normalized spacial score (nSPS) is 13.4. The van der Waals surface area contributed by atoms with Crippen molar-refractivity contribution in [2.75, 3.05) is 40.2 Å². The molecule has 1 aromatic heterocycles. The molecule has 0 bridgehead atoms. The molecule has 2 aromatic carbocycles. The summed E-state index contributed by atoms with van der Waals surface area (Å²) in [5.41, 5.74) is 0.742. The predicted molar refractivity (Wildman–Crippen MR) is 124 cm³/mol. The number of thioether (sulfide) groups is 1. The fourth-order valence-electron chi connectivity index (χ4n) is 3.85. The molecular weight excluding hydrogens is 430 g/mol. The van der Waals surface area contributed by atoms with Crippen molar-refractivity contribution in [2.24, 2.45) is 0 Å². The van der Waals surface area contributed by atoms with Crippen LogP contribution in [0.15, 0.2) is 46.3 Å². The standard InChI is InChI=1S/C23H25N3O5S/c1-29-17-13-16-19(21(31-3)20(17)30-2)24-23(32-14-18(27)25-11-7-8-12-25)26(22(16)28)15-9-5-4-6-10-15/h4-6,9-10,13H,7-8,11-12,14H2,1-3H3. The summed E-state index contributed by atoms with van der Waals surface area (Å²) in [7, 11) is 4.49. The van der Waals surface area contributed by atoms with E-state index in [-0.39, 0.29) is 17.2 Å². The Balaban J connectivity index is 1.89. The zero-order chi connectivity index (χ0) is 22.7. The minimum absolute atomic E-state index is 0.0423. The summed E-state index contributed by atoms with van der Waals surface area (Å²) < 4.78 is 18.0. The second kappa shape index (κ2) is 9.52. The third kappa shape index (κ3) is 4.00. The Hall–Kier alpha value is -3.20. The lowest BCUT2D eigenvalue weighted by atomic mass is 10.2. The summed E-state index contributed by atoms with van der Waals surface area (Å²) in [4.78, 5) is 32.9. The Labute approximate surface area is 190 Å². The van der Waals surface area contributed by atoms with Crippen LogP contribution < -0.4 is 19.8 Å². The Morgan fingerprint density at radius 1 is 1.03 bits per heavy atom. The molecule has 8 nitrogen and oxygen atoms in total. The van der Waals surface area contributed by atoms with Crippen LogP contribution in [0.25, 0.3) is 16.6 Å². The number of benzene rings is 2. The second-order valence-corrected chi connectivity index (χ2v) is 8.23. The highest BCUT2D eigenvalue weighted by Crippen LogP contribution is 2.42. The highest BCUT2D eigenvalue weighted by atomic mass is 32.2. The van der Waals surface area contributed by atoms with Crippen LogP contribution in [0.5, 0.6) is 17.2 Å². The number of amides is 1. The molecule has 32 heavy (non-hydrogen) atoms. The van der Waals surface area contributed by atoms with Gasteiger partial charge < -0.3 is 19.1 Å². The fraction of sp³-hybridized carbons (Fsp3) is 0.348. The van der Waals surface area contributed by atoms with Gasteiger partial charge in [-0.25, -0.2) is 4.98 Å². The van der Waals surface area contributed by atoms with Gasteiger partial charge in [0.1, 0.15) is 5.52 Å². The number of nitrogens with zero attached hydrogens (tertiary/aromatic N) is 3. The molecule has 1 aliphatic heterocycles.